The van der Waals surface area contributed by atoms with Crippen LogP contribution in [0.1, 0.15) is 60.5 Å². The molecule has 0 aromatic heterocycles. The van der Waals surface area contributed by atoms with Crippen LogP contribution in [-0.4, -0.2) is 30.3 Å². The molecule has 1 saturated heterocycles. The maximum Gasteiger partial charge on any atom is 0.220 e. The zero-order valence-electron chi connectivity index (χ0n) is 13.9. The van der Waals surface area contributed by atoms with Crippen molar-refractivity contribution < 1.29 is 9.59 Å². The van der Waals surface area contributed by atoms with Crippen molar-refractivity contribution in [2.24, 2.45) is 0 Å². The largest absolute Gasteiger partial charge is 0.353 e. The molecule has 0 bridgehead atoms. The lowest BCUT2D eigenvalue weighted by molar-refractivity contribution is -0.122. The van der Waals surface area contributed by atoms with E-state index < -0.39 is 0 Å². The van der Waals surface area contributed by atoms with Gasteiger partial charge in [-0.15, -0.1) is 0 Å². The van der Waals surface area contributed by atoms with E-state index in [0.717, 1.165) is 37.8 Å². The molecule has 0 radical (unpaired) electrons. The van der Waals surface area contributed by atoms with E-state index in [2.05, 4.69) is 23.6 Å². The normalized spacial score (nSPS) is 23.3. The summed E-state index contributed by atoms with van der Waals surface area (Å²) in [6, 6.07) is 6.71. The van der Waals surface area contributed by atoms with Gasteiger partial charge in [0.15, 0.2) is 5.78 Å². The first-order chi connectivity index (χ1) is 11.1. The van der Waals surface area contributed by atoms with Crippen LogP contribution in [0, 0.1) is 0 Å². The minimum atomic E-state index is -0.00129. The predicted molar refractivity (Wildman–Crippen MR) is 90.7 cm³/mol. The van der Waals surface area contributed by atoms with Crippen LogP contribution in [0.2, 0.25) is 0 Å². The number of rotatable bonds is 5. The molecule has 1 aliphatic carbocycles. The Bertz CT molecular complexity index is 597. The Morgan fingerprint density at radius 1 is 1.22 bits per heavy atom. The molecule has 1 heterocycles. The van der Waals surface area contributed by atoms with Gasteiger partial charge in [-0.25, -0.2) is 0 Å². The highest BCUT2D eigenvalue weighted by atomic mass is 16.2. The molecule has 2 unspecified atom stereocenters. The summed E-state index contributed by atoms with van der Waals surface area (Å²) < 4.78 is 0. The van der Waals surface area contributed by atoms with E-state index in [4.69, 9.17) is 0 Å². The van der Waals surface area contributed by atoms with Crippen molar-refractivity contribution in [2.75, 3.05) is 6.54 Å². The first kappa shape index (κ1) is 16.2. The fourth-order valence-electron chi connectivity index (χ4n) is 3.68. The smallest absolute Gasteiger partial charge is 0.220 e. The van der Waals surface area contributed by atoms with Crippen LogP contribution >= 0.6 is 0 Å². The van der Waals surface area contributed by atoms with Gasteiger partial charge in [-0.1, -0.05) is 12.1 Å². The number of carbonyl (C=O) groups excluding carboxylic acids is 2. The van der Waals surface area contributed by atoms with Crippen molar-refractivity contribution in [3.8, 4) is 0 Å². The van der Waals surface area contributed by atoms with Gasteiger partial charge >= 0.3 is 0 Å². The standard InChI is InChI=1S/C19H26N2O2/c1-13-11-17(9-10-20-13)21-19(23)8-7-18(22)16-6-5-14-3-2-4-15(14)12-16/h5-6,12-13,17,20H,2-4,7-11H2,1H3,(H,21,23). The third kappa shape index (κ3) is 4.20. The second-order valence-electron chi connectivity index (χ2n) is 6.90. The van der Waals surface area contributed by atoms with Crippen molar-refractivity contribution in [2.45, 2.75) is 64.0 Å². The lowest BCUT2D eigenvalue weighted by Gasteiger charge is -2.28. The Morgan fingerprint density at radius 3 is 2.87 bits per heavy atom. The fraction of sp³-hybridized carbons (Fsp3) is 0.579. The van der Waals surface area contributed by atoms with Crippen LogP contribution in [0.4, 0.5) is 0 Å². The molecule has 0 saturated carbocycles. The van der Waals surface area contributed by atoms with Crippen molar-refractivity contribution in [1.29, 1.82) is 0 Å². The number of hydrogen-bond acceptors (Lipinski definition) is 3. The Morgan fingerprint density at radius 2 is 2.04 bits per heavy atom. The van der Waals surface area contributed by atoms with E-state index in [1.807, 2.05) is 12.1 Å². The summed E-state index contributed by atoms with van der Waals surface area (Å²) in [5.41, 5.74) is 3.44. The average Bonchev–Trinajstić information content (AvgIpc) is 3.00. The summed E-state index contributed by atoms with van der Waals surface area (Å²) in [4.78, 5) is 24.4. The highest BCUT2D eigenvalue weighted by molar-refractivity contribution is 5.98. The number of fused-ring (bicyclic) bond motifs is 1. The highest BCUT2D eigenvalue weighted by Gasteiger charge is 2.20. The molecule has 23 heavy (non-hydrogen) atoms. The molecule has 4 heteroatoms. The molecule has 0 spiro atoms. The van der Waals surface area contributed by atoms with Gasteiger partial charge in [-0.3, -0.25) is 9.59 Å². The molecule has 2 atom stereocenters. The first-order valence-corrected chi connectivity index (χ1v) is 8.79. The van der Waals surface area contributed by atoms with Crippen LogP contribution in [0.15, 0.2) is 18.2 Å². The summed E-state index contributed by atoms with van der Waals surface area (Å²) >= 11 is 0. The molecule has 1 aromatic carbocycles. The SMILES string of the molecule is CC1CC(NC(=O)CCC(=O)c2ccc3c(c2)CCC3)CCN1. The first-order valence-electron chi connectivity index (χ1n) is 8.79. The maximum atomic E-state index is 12.3. The van der Waals surface area contributed by atoms with Crippen LogP contribution in [-0.2, 0) is 17.6 Å². The fourth-order valence-corrected chi connectivity index (χ4v) is 3.68. The Balaban J connectivity index is 1.47. The summed E-state index contributed by atoms with van der Waals surface area (Å²) in [6.07, 6.45) is 5.90. The molecule has 1 aromatic rings. The molecule has 3 rings (SSSR count). The van der Waals surface area contributed by atoms with Crippen LogP contribution in [0.25, 0.3) is 0 Å². The van der Waals surface area contributed by atoms with Gasteiger partial charge in [-0.2, -0.15) is 0 Å². The number of Topliss-reactive ketones (excluding diaryl/α,β-unsaturated/α-hetero) is 1. The number of benzene rings is 1. The monoisotopic (exact) mass is 314 g/mol. The molecule has 1 amide bonds. The topological polar surface area (TPSA) is 58.2 Å². The zero-order valence-corrected chi connectivity index (χ0v) is 13.9. The maximum absolute atomic E-state index is 12.3. The van der Waals surface area contributed by atoms with E-state index in [9.17, 15) is 9.59 Å². The third-order valence-corrected chi connectivity index (χ3v) is 4.99. The van der Waals surface area contributed by atoms with Gasteiger partial charge in [0.1, 0.15) is 0 Å². The highest BCUT2D eigenvalue weighted by Crippen LogP contribution is 2.23. The van der Waals surface area contributed by atoms with Crippen molar-refractivity contribution in [3.05, 3.63) is 34.9 Å². The summed E-state index contributed by atoms with van der Waals surface area (Å²) in [6.45, 7) is 3.08. The van der Waals surface area contributed by atoms with Crippen molar-refractivity contribution in [1.82, 2.24) is 10.6 Å². The number of ketones is 1. The van der Waals surface area contributed by atoms with E-state index in [1.165, 1.54) is 17.5 Å². The molecule has 1 fully saturated rings. The van der Waals surface area contributed by atoms with Gasteiger partial charge in [0.05, 0.1) is 0 Å². The summed E-state index contributed by atoms with van der Waals surface area (Å²) in [5, 5.41) is 6.44. The van der Waals surface area contributed by atoms with Gasteiger partial charge in [-0.05, 0) is 62.8 Å². The molecular weight excluding hydrogens is 288 g/mol. The number of nitrogens with one attached hydrogen (secondary N) is 2. The van der Waals surface area contributed by atoms with Gasteiger partial charge < -0.3 is 10.6 Å². The third-order valence-electron chi connectivity index (χ3n) is 4.99. The molecule has 2 aliphatic rings. The van der Waals surface area contributed by atoms with Crippen LogP contribution in [0.3, 0.4) is 0 Å². The lowest BCUT2D eigenvalue weighted by atomic mass is 9.99. The van der Waals surface area contributed by atoms with Gasteiger partial charge in [0, 0.05) is 30.5 Å². The van der Waals surface area contributed by atoms with Crippen LogP contribution < -0.4 is 10.6 Å². The van der Waals surface area contributed by atoms with Crippen LogP contribution in [0.5, 0.6) is 0 Å². The molecular formula is C19H26N2O2. The van der Waals surface area contributed by atoms with Crippen molar-refractivity contribution in [3.63, 3.8) is 0 Å². The number of carbonyl (C=O) groups is 2. The number of amides is 1. The summed E-state index contributed by atoms with van der Waals surface area (Å²) in [7, 11) is 0. The van der Waals surface area contributed by atoms with E-state index in [1.54, 1.807) is 0 Å². The summed E-state index contributed by atoms with van der Waals surface area (Å²) in [5.74, 6) is 0.0761. The Kier molecular flexibility index (Phi) is 5.11. The molecule has 124 valence electrons. The molecule has 2 N–H and O–H groups in total. The Hall–Kier alpha value is -1.68. The van der Waals surface area contributed by atoms with Crippen molar-refractivity contribution >= 4 is 11.7 Å². The number of piperidine rings is 1. The second kappa shape index (κ2) is 7.26. The molecule has 4 nitrogen and oxygen atoms in total. The molecule has 1 aliphatic heterocycles. The van der Waals surface area contributed by atoms with E-state index in [0.29, 0.717) is 12.5 Å². The lowest BCUT2D eigenvalue weighted by Crippen LogP contribution is -2.46. The van der Waals surface area contributed by atoms with E-state index >= 15 is 0 Å². The van der Waals surface area contributed by atoms with Gasteiger partial charge in [0.25, 0.3) is 0 Å². The van der Waals surface area contributed by atoms with Gasteiger partial charge in [0.2, 0.25) is 5.91 Å². The average molecular weight is 314 g/mol. The minimum absolute atomic E-state index is 0.00129. The number of hydrogen-bond donors (Lipinski definition) is 2. The predicted octanol–water partition coefficient (Wildman–Crippen LogP) is 2.39. The zero-order chi connectivity index (χ0) is 16.2. The quantitative estimate of drug-likeness (QED) is 0.821. The second-order valence-corrected chi connectivity index (χ2v) is 6.90. The minimum Gasteiger partial charge on any atom is -0.353 e. The number of aryl methyl sites for hydroxylation is 2. The Labute approximate surface area is 138 Å². The van der Waals surface area contributed by atoms with E-state index in [-0.39, 0.29) is 24.2 Å².